The predicted octanol–water partition coefficient (Wildman–Crippen LogP) is 3.65. The van der Waals surface area contributed by atoms with Gasteiger partial charge in [-0.1, -0.05) is 6.08 Å². The summed E-state index contributed by atoms with van der Waals surface area (Å²) >= 11 is 1.82. The highest BCUT2D eigenvalue weighted by molar-refractivity contribution is 8.02. The molecule has 2 aromatic rings. The Balaban J connectivity index is 1.83. The Bertz CT molecular complexity index is 615. The summed E-state index contributed by atoms with van der Waals surface area (Å²) in [7, 11) is 0. The standard InChI is InChI=1S/C16H15FN2S/c17-15-9-14(3-7-19-15)11-16(4-8-20-12-16)10-13-1-5-18-6-2-13/h1-9H,10-12H2. The minimum absolute atomic E-state index is 0.0554. The molecule has 0 fully saturated rings. The van der Waals surface area contributed by atoms with Crippen molar-refractivity contribution >= 4 is 11.8 Å². The van der Waals surface area contributed by atoms with Crippen molar-refractivity contribution in [3.05, 3.63) is 71.4 Å². The normalized spacial score (nSPS) is 21.2. The molecule has 0 amide bonds. The van der Waals surface area contributed by atoms with E-state index in [4.69, 9.17) is 0 Å². The summed E-state index contributed by atoms with van der Waals surface area (Å²) in [6.45, 7) is 0. The van der Waals surface area contributed by atoms with E-state index in [0.29, 0.717) is 0 Å². The largest absolute Gasteiger partial charge is 0.265 e. The number of pyridine rings is 2. The molecule has 4 heteroatoms. The molecule has 102 valence electrons. The molecule has 0 N–H and O–H groups in total. The van der Waals surface area contributed by atoms with Gasteiger partial charge in [0.05, 0.1) is 0 Å². The molecule has 2 nitrogen and oxygen atoms in total. The average molecular weight is 286 g/mol. The number of hydrogen-bond acceptors (Lipinski definition) is 3. The molecular formula is C16H15FN2S. The van der Waals surface area contributed by atoms with E-state index in [1.165, 1.54) is 17.8 Å². The maximum atomic E-state index is 13.3. The molecule has 2 aromatic heterocycles. The van der Waals surface area contributed by atoms with Crippen molar-refractivity contribution in [1.29, 1.82) is 0 Å². The molecule has 0 saturated carbocycles. The highest BCUT2D eigenvalue weighted by Crippen LogP contribution is 2.39. The molecule has 1 aliphatic heterocycles. The molecule has 3 heterocycles. The highest BCUT2D eigenvalue weighted by atomic mass is 32.2. The van der Waals surface area contributed by atoms with Gasteiger partial charge in [-0.3, -0.25) is 4.98 Å². The van der Waals surface area contributed by atoms with Gasteiger partial charge >= 0.3 is 0 Å². The highest BCUT2D eigenvalue weighted by Gasteiger charge is 2.31. The van der Waals surface area contributed by atoms with Gasteiger partial charge in [0.15, 0.2) is 0 Å². The van der Waals surface area contributed by atoms with Crippen molar-refractivity contribution in [2.24, 2.45) is 5.41 Å². The Labute approximate surface area is 122 Å². The molecule has 0 saturated heterocycles. The van der Waals surface area contributed by atoms with Crippen molar-refractivity contribution in [2.45, 2.75) is 12.8 Å². The number of aromatic nitrogens is 2. The topological polar surface area (TPSA) is 25.8 Å². The van der Waals surface area contributed by atoms with Crippen molar-refractivity contribution < 1.29 is 4.39 Å². The van der Waals surface area contributed by atoms with Crippen LogP contribution in [0.15, 0.2) is 54.3 Å². The molecular weight excluding hydrogens is 271 g/mol. The van der Waals surface area contributed by atoms with Crippen LogP contribution in [0.3, 0.4) is 0 Å². The van der Waals surface area contributed by atoms with Crippen LogP contribution in [0, 0.1) is 11.4 Å². The average Bonchev–Trinajstić information content (AvgIpc) is 2.88. The number of nitrogens with zero attached hydrogens (tertiary/aromatic N) is 2. The number of allylic oxidation sites excluding steroid dienone is 1. The lowest BCUT2D eigenvalue weighted by Gasteiger charge is -2.27. The Hall–Kier alpha value is -1.68. The van der Waals surface area contributed by atoms with Gasteiger partial charge in [-0.25, -0.2) is 4.98 Å². The van der Waals surface area contributed by atoms with Gasteiger partial charge in [0.2, 0.25) is 5.95 Å². The minimum Gasteiger partial charge on any atom is -0.265 e. The third-order valence-electron chi connectivity index (χ3n) is 3.54. The van der Waals surface area contributed by atoms with E-state index in [0.717, 1.165) is 24.2 Å². The van der Waals surface area contributed by atoms with E-state index in [-0.39, 0.29) is 5.41 Å². The molecule has 0 bridgehead atoms. The van der Waals surface area contributed by atoms with Gasteiger partial charge in [0.1, 0.15) is 0 Å². The van der Waals surface area contributed by atoms with Gasteiger partial charge in [0.25, 0.3) is 0 Å². The molecule has 0 aliphatic carbocycles. The van der Waals surface area contributed by atoms with Gasteiger partial charge < -0.3 is 0 Å². The van der Waals surface area contributed by atoms with Crippen molar-refractivity contribution in [2.75, 3.05) is 5.75 Å². The first-order valence-corrected chi connectivity index (χ1v) is 7.59. The van der Waals surface area contributed by atoms with E-state index >= 15 is 0 Å². The van der Waals surface area contributed by atoms with Crippen LogP contribution in [0.1, 0.15) is 11.1 Å². The lowest BCUT2D eigenvalue weighted by atomic mass is 9.78. The summed E-state index contributed by atoms with van der Waals surface area (Å²) in [6, 6.07) is 7.52. The monoisotopic (exact) mass is 286 g/mol. The van der Waals surface area contributed by atoms with Crippen molar-refractivity contribution in [3.63, 3.8) is 0 Å². The minimum atomic E-state index is -0.406. The summed E-state index contributed by atoms with van der Waals surface area (Å²) in [6.07, 6.45) is 9.22. The van der Waals surface area contributed by atoms with Gasteiger partial charge in [-0.15, -0.1) is 11.8 Å². The maximum absolute atomic E-state index is 13.3. The van der Waals surface area contributed by atoms with E-state index in [2.05, 4.69) is 21.5 Å². The van der Waals surface area contributed by atoms with Crippen LogP contribution < -0.4 is 0 Å². The van der Waals surface area contributed by atoms with Crippen LogP contribution in [0.25, 0.3) is 0 Å². The van der Waals surface area contributed by atoms with Crippen LogP contribution in [0.2, 0.25) is 0 Å². The molecule has 0 aromatic carbocycles. The second-order valence-corrected chi connectivity index (χ2v) is 6.07. The van der Waals surface area contributed by atoms with E-state index < -0.39 is 5.95 Å². The maximum Gasteiger partial charge on any atom is 0.213 e. The predicted molar refractivity (Wildman–Crippen MR) is 79.9 cm³/mol. The SMILES string of the molecule is Fc1cc(CC2(Cc3ccncc3)C=CSC2)ccn1. The lowest BCUT2D eigenvalue weighted by molar-refractivity contribution is 0.435. The first-order valence-electron chi connectivity index (χ1n) is 6.54. The van der Waals surface area contributed by atoms with Crippen LogP contribution >= 0.6 is 11.8 Å². The number of rotatable bonds is 4. The summed E-state index contributed by atoms with van der Waals surface area (Å²) in [5.74, 6) is 0.621. The zero-order valence-corrected chi connectivity index (χ0v) is 11.8. The fourth-order valence-electron chi connectivity index (χ4n) is 2.60. The molecule has 1 atom stereocenters. The number of thioether (sulfide) groups is 1. The Morgan fingerprint density at radius 2 is 1.85 bits per heavy atom. The van der Waals surface area contributed by atoms with E-state index in [1.54, 1.807) is 0 Å². The first-order chi connectivity index (χ1) is 9.76. The van der Waals surface area contributed by atoms with Gasteiger partial charge in [0, 0.05) is 29.8 Å². The van der Waals surface area contributed by atoms with Gasteiger partial charge in [-0.2, -0.15) is 4.39 Å². The molecule has 20 heavy (non-hydrogen) atoms. The fourth-order valence-corrected chi connectivity index (χ4v) is 3.72. The fraction of sp³-hybridized carbons (Fsp3) is 0.250. The van der Waals surface area contributed by atoms with Crippen LogP contribution in [0.5, 0.6) is 0 Å². The second kappa shape index (κ2) is 5.75. The van der Waals surface area contributed by atoms with Crippen LogP contribution in [-0.4, -0.2) is 15.7 Å². The number of hydrogen-bond donors (Lipinski definition) is 0. The zero-order valence-electron chi connectivity index (χ0n) is 11.0. The van der Waals surface area contributed by atoms with Crippen molar-refractivity contribution in [3.8, 4) is 0 Å². The smallest absolute Gasteiger partial charge is 0.213 e. The molecule has 0 radical (unpaired) electrons. The third kappa shape index (κ3) is 3.07. The molecule has 0 spiro atoms. The Morgan fingerprint density at radius 1 is 1.10 bits per heavy atom. The lowest BCUT2D eigenvalue weighted by Crippen LogP contribution is -2.25. The van der Waals surface area contributed by atoms with E-state index in [1.807, 2.05) is 42.4 Å². The molecule has 1 aliphatic rings. The summed E-state index contributed by atoms with van der Waals surface area (Å²) in [5.41, 5.74) is 2.32. The third-order valence-corrected chi connectivity index (χ3v) is 4.61. The quantitative estimate of drug-likeness (QED) is 0.802. The van der Waals surface area contributed by atoms with Gasteiger partial charge in [-0.05, 0) is 53.6 Å². The van der Waals surface area contributed by atoms with E-state index in [9.17, 15) is 4.39 Å². The summed E-state index contributed by atoms with van der Waals surface area (Å²) in [5, 5.41) is 2.15. The summed E-state index contributed by atoms with van der Waals surface area (Å²) in [4.78, 5) is 7.68. The summed E-state index contributed by atoms with van der Waals surface area (Å²) < 4.78 is 13.3. The zero-order chi connectivity index (χ0) is 13.8. The molecule has 1 unspecified atom stereocenters. The van der Waals surface area contributed by atoms with Crippen LogP contribution in [-0.2, 0) is 12.8 Å². The van der Waals surface area contributed by atoms with Crippen molar-refractivity contribution in [1.82, 2.24) is 9.97 Å². The number of halogens is 1. The Morgan fingerprint density at radius 3 is 2.55 bits per heavy atom. The second-order valence-electron chi connectivity index (χ2n) is 5.17. The Kier molecular flexibility index (Phi) is 3.83. The van der Waals surface area contributed by atoms with Crippen LogP contribution in [0.4, 0.5) is 4.39 Å². The molecule has 3 rings (SSSR count). The first kappa shape index (κ1) is 13.3.